The van der Waals surface area contributed by atoms with Crippen LogP contribution in [0, 0.1) is 5.92 Å². The van der Waals surface area contributed by atoms with E-state index >= 15 is 0 Å². The second-order valence-corrected chi connectivity index (χ2v) is 9.19. The first-order valence-corrected chi connectivity index (χ1v) is 12.2. The van der Waals surface area contributed by atoms with Crippen LogP contribution in [0.2, 0.25) is 0 Å². The number of benzene rings is 2. The van der Waals surface area contributed by atoms with Gasteiger partial charge in [-0.1, -0.05) is 12.1 Å². The zero-order valence-electron chi connectivity index (χ0n) is 19.3. The number of amides is 2. The Hall–Kier alpha value is -3.85. The molecule has 9 heteroatoms. The van der Waals surface area contributed by atoms with Gasteiger partial charge in [0, 0.05) is 18.0 Å². The van der Waals surface area contributed by atoms with Crippen molar-refractivity contribution in [3.63, 3.8) is 0 Å². The molecule has 8 nitrogen and oxygen atoms in total. The second-order valence-electron chi connectivity index (χ2n) is 8.08. The molecule has 1 fully saturated rings. The quantitative estimate of drug-likeness (QED) is 0.526. The predicted octanol–water partition coefficient (Wildman–Crippen LogP) is 3.68. The van der Waals surface area contributed by atoms with Gasteiger partial charge in [0.15, 0.2) is 0 Å². The fraction of sp³-hybridized carbons (Fsp3) is 0.231. The summed E-state index contributed by atoms with van der Waals surface area (Å²) < 4.78 is 10.9. The highest BCUT2D eigenvalue weighted by Crippen LogP contribution is 2.42. The molecule has 2 aliphatic heterocycles. The van der Waals surface area contributed by atoms with Gasteiger partial charge in [-0.25, -0.2) is 5.01 Å². The average molecular weight is 489 g/mol. The molecule has 35 heavy (non-hydrogen) atoms. The van der Waals surface area contributed by atoms with Gasteiger partial charge in [-0.2, -0.15) is 5.10 Å². The smallest absolute Gasteiger partial charge is 0.274 e. The predicted molar refractivity (Wildman–Crippen MR) is 135 cm³/mol. The number of nitrogens with zero attached hydrogens (tertiary/aromatic N) is 4. The highest BCUT2D eigenvalue weighted by Gasteiger charge is 2.45. The first kappa shape index (κ1) is 22.9. The van der Waals surface area contributed by atoms with Crippen LogP contribution < -0.4 is 14.4 Å². The standard InChI is InChI=1S/C26H24N4O4S/c1-33-19-9-7-17(8-10-19)24-20(15-29(28-24)25(32)18-11-13-27-14-12-18)26-30(23(31)16-35-26)21-5-3-4-6-22(21)34-2/h3-14,20,26H,15-16H2,1-2H3. The Kier molecular flexibility index (Phi) is 6.41. The second kappa shape index (κ2) is 9.79. The summed E-state index contributed by atoms with van der Waals surface area (Å²) in [7, 11) is 3.21. The van der Waals surface area contributed by atoms with Gasteiger partial charge in [-0.05, 0) is 54.1 Å². The third kappa shape index (κ3) is 4.35. The number of aromatic nitrogens is 1. The number of hydrogen-bond acceptors (Lipinski definition) is 7. The molecule has 1 aromatic heterocycles. The lowest BCUT2D eigenvalue weighted by atomic mass is 9.96. The number of ether oxygens (including phenoxy) is 2. The van der Waals surface area contributed by atoms with Gasteiger partial charge in [-0.15, -0.1) is 11.8 Å². The fourth-order valence-electron chi connectivity index (χ4n) is 4.39. The van der Waals surface area contributed by atoms with Gasteiger partial charge in [-0.3, -0.25) is 19.5 Å². The highest BCUT2D eigenvalue weighted by atomic mass is 32.2. The molecule has 0 aliphatic carbocycles. The van der Waals surface area contributed by atoms with Crippen molar-refractivity contribution in [3.8, 4) is 11.5 Å². The van der Waals surface area contributed by atoms with E-state index in [1.165, 1.54) is 5.01 Å². The van der Waals surface area contributed by atoms with Crippen LogP contribution in [-0.4, -0.2) is 59.4 Å². The van der Waals surface area contributed by atoms with Crippen molar-refractivity contribution in [2.45, 2.75) is 5.37 Å². The third-order valence-electron chi connectivity index (χ3n) is 6.09. The van der Waals surface area contributed by atoms with Gasteiger partial charge < -0.3 is 9.47 Å². The Morgan fingerprint density at radius 3 is 2.46 bits per heavy atom. The summed E-state index contributed by atoms with van der Waals surface area (Å²) in [5.41, 5.74) is 2.85. The number of rotatable bonds is 6. The van der Waals surface area contributed by atoms with Gasteiger partial charge in [0.25, 0.3) is 5.91 Å². The van der Waals surface area contributed by atoms with E-state index in [9.17, 15) is 9.59 Å². The number of pyridine rings is 1. The number of hydrazone groups is 1. The number of anilines is 1. The summed E-state index contributed by atoms with van der Waals surface area (Å²) in [5.74, 6) is 1.27. The van der Waals surface area contributed by atoms with E-state index in [4.69, 9.17) is 14.6 Å². The number of carbonyl (C=O) groups is 2. The maximum absolute atomic E-state index is 13.3. The lowest BCUT2D eigenvalue weighted by molar-refractivity contribution is -0.115. The number of thioether (sulfide) groups is 1. The largest absolute Gasteiger partial charge is 0.497 e. The molecule has 5 rings (SSSR count). The van der Waals surface area contributed by atoms with E-state index < -0.39 is 0 Å². The topological polar surface area (TPSA) is 84.3 Å². The van der Waals surface area contributed by atoms with Crippen LogP contribution in [0.3, 0.4) is 0 Å². The number of methoxy groups -OCH3 is 2. The van der Waals surface area contributed by atoms with Crippen LogP contribution in [-0.2, 0) is 4.79 Å². The minimum Gasteiger partial charge on any atom is -0.497 e. The maximum atomic E-state index is 13.3. The van der Waals surface area contributed by atoms with E-state index in [1.54, 1.807) is 55.4 Å². The molecule has 0 radical (unpaired) electrons. The van der Waals surface area contributed by atoms with Crippen LogP contribution >= 0.6 is 11.8 Å². The molecule has 178 valence electrons. The molecule has 3 aromatic rings. The van der Waals surface area contributed by atoms with E-state index in [1.807, 2.05) is 48.5 Å². The zero-order valence-corrected chi connectivity index (χ0v) is 20.1. The van der Waals surface area contributed by atoms with Crippen molar-refractivity contribution in [1.29, 1.82) is 0 Å². The number of para-hydroxylation sites is 2. The molecule has 0 saturated carbocycles. The van der Waals surface area contributed by atoms with Gasteiger partial charge in [0.2, 0.25) is 5.91 Å². The van der Waals surface area contributed by atoms with Crippen molar-refractivity contribution in [1.82, 2.24) is 9.99 Å². The monoisotopic (exact) mass is 488 g/mol. The van der Waals surface area contributed by atoms with Crippen LogP contribution in [0.5, 0.6) is 11.5 Å². The molecular weight excluding hydrogens is 464 g/mol. The highest BCUT2D eigenvalue weighted by molar-refractivity contribution is 8.01. The van der Waals surface area contributed by atoms with E-state index in [0.29, 0.717) is 29.3 Å². The summed E-state index contributed by atoms with van der Waals surface area (Å²) in [4.78, 5) is 32.1. The average Bonchev–Trinajstić information content (AvgIpc) is 3.52. The fourth-order valence-corrected chi connectivity index (χ4v) is 5.67. The van der Waals surface area contributed by atoms with Crippen molar-refractivity contribution in [2.24, 2.45) is 11.0 Å². The van der Waals surface area contributed by atoms with Crippen LogP contribution in [0.1, 0.15) is 15.9 Å². The van der Waals surface area contributed by atoms with E-state index in [-0.39, 0.29) is 23.1 Å². The molecule has 2 aliphatic rings. The van der Waals surface area contributed by atoms with Crippen molar-refractivity contribution in [2.75, 3.05) is 31.4 Å². The van der Waals surface area contributed by atoms with Crippen molar-refractivity contribution < 1.29 is 19.1 Å². The van der Waals surface area contributed by atoms with Crippen molar-refractivity contribution >= 4 is 35.0 Å². The number of hydrogen-bond donors (Lipinski definition) is 0. The van der Waals surface area contributed by atoms with Gasteiger partial charge in [0.1, 0.15) is 11.5 Å². The molecule has 2 atom stereocenters. The molecule has 2 amide bonds. The molecule has 3 heterocycles. The zero-order chi connectivity index (χ0) is 24.4. The van der Waals surface area contributed by atoms with Crippen LogP contribution in [0.15, 0.2) is 78.2 Å². The lowest BCUT2D eigenvalue weighted by Gasteiger charge is -2.30. The van der Waals surface area contributed by atoms with Crippen LogP contribution in [0.4, 0.5) is 5.69 Å². The summed E-state index contributed by atoms with van der Waals surface area (Å²) in [6.45, 7) is 0.346. The lowest BCUT2D eigenvalue weighted by Crippen LogP contribution is -2.42. The summed E-state index contributed by atoms with van der Waals surface area (Å²) in [6, 6.07) is 18.4. The Balaban J connectivity index is 1.54. The molecule has 1 saturated heterocycles. The minimum absolute atomic E-state index is 0.00232. The van der Waals surface area contributed by atoms with E-state index in [0.717, 1.165) is 17.0 Å². The SMILES string of the molecule is COc1ccc(C2=NN(C(=O)c3ccncc3)CC2C2SCC(=O)N2c2ccccc2OC)cc1. The molecule has 2 unspecified atom stereocenters. The van der Waals surface area contributed by atoms with Gasteiger partial charge in [0.05, 0.1) is 49.2 Å². The Bertz CT molecular complexity index is 1270. The van der Waals surface area contributed by atoms with E-state index in [2.05, 4.69) is 4.98 Å². The molecule has 0 spiro atoms. The molecule has 0 bridgehead atoms. The molecule has 2 aromatic carbocycles. The Labute approximate surface area is 207 Å². The Morgan fingerprint density at radius 1 is 1.00 bits per heavy atom. The summed E-state index contributed by atoms with van der Waals surface area (Å²) >= 11 is 1.55. The molecule has 0 N–H and O–H groups in total. The summed E-state index contributed by atoms with van der Waals surface area (Å²) in [5, 5.41) is 6.00. The maximum Gasteiger partial charge on any atom is 0.274 e. The van der Waals surface area contributed by atoms with Gasteiger partial charge >= 0.3 is 0 Å². The molecular formula is C26H24N4O4S. The normalized spacial score (nSPS) is 19.6. The number of carbonyl (C=O) groups excluding carboxylic acids is 2. The first-order valence-electron chi connectivity index (χ1n) is 11.1. The van der Waals surface area contributed by atoms with Crippen LogP contribution in [0.25, 0.3) is 0 Å². The third-order valence-corrected chi connectivity index (χ3v) is 7.38. The Morgan fingerprint density at radius 2 is 1.74 bits per heavy atom. The minimum atomic E-state index is -0.255. The van der Waals surface area contributed by atoms with Crippen molar-refractivity contribution in [3.05, 3.63) is 84.2 Å². The summed E-state index contributed by atoms with van der Waals surface area (Å²) in [6.07, 6.45) is 3.17. The first-order chi connectivity index (χ1) is 17.1.